The Bertz CT molecular complexity index is 1250. The SMILES string of the molecule is CC(C)CN(CC(C)C)c1ccc(-c2ccccc2C(=O)O)cc1Nc1nc2ccccc2o1. The number of hydrogen-bond donors (Lipinski definition) is 2. The number of oxazole rings is 1. The molecule has 0 fully saturated rings. The highest BCUT2D eigenvalue weighted by Gasteiger charge is 2.19. The summed E-state index contributed by atoms with van der Waals surface area (Å²) in [4.78, 5) is 18.8. The summed E-state index contributed by atoms with van der Waals surface area (Å²) in [5, 5.41) is 13.1. The van der Waals surface area contributed by atoms with E-state index in [0.29, 0.717) is 29.0 Å². The number of para-hydroxylation sites is 2. The monoisotopic (exact) mass is 457 g/mol. The van der Waals surface area contributed by atoms with Crippen LogP contribution in [0.5, 0.6) is 0 Å². The van der Waals surface area contributed by atoms with E-state index >= 15 is 0 Å². The summed E-state index contributed by atoms with van der Waals surface area (Å²) in [6.07, 6.45) is 0. The molecule has 0 amide bonds. The van der Waals surface area contributed by atoms with Crippen LogP contribution in [-0.4, -0.2) is 29.1 Å². The Morgan fingerprint density at radius 2 is 1.65 bits per heavy atom. The van der Waals surface area contributed by atoms with E-state index in [0.717, 1.165) is 35.5 Å². The van der Waals surface area contributed by atoms with Crippen LogP contribution in [0.2, 0.25) is 0 Å². The van der Waals surface area contributed by atoms with E-state index in [2.05, 4.69) is 49.0 Å². The quantitative estimate of drug-likeness (QED) is 0.280. The van der Waals surface area contributed by atoms with Gasteiger partial charge in [0.05, 0.1) is 16.9 Å². The zero-order valence-corrected chi connectivity index (χ0v) is 20.1. The van der Waals surface area contributed by atoms with Crippen molar-refractivity contribution < 1.29 is 14.3 Å². The smallest absolute Gasteiger partial charge is 0.336 e. The fraction of sp³-hybridized carbons (Fsp3) is 0.286. The highest BCUT2D eigenvalue weighted by atomic mass is 16.4. The fourth-order valence-electron chi connectivity index (χ4n) is 4.19. The van der Waals surface area contributed by atoms with Gasteiger partial charge < -0.3 is 19.7 Å². The van der Waals surface area contributed by atoms with Crippen molar-refractivity contribution in [2.45, 2.75) is 27.7 Å². The number of carboxylic acid groups (broad SMARTS) is 1. The maximum atomic E-state index is 11.8. The van der Waals surface area contributed by atoms with Gasteiger partial charge in [-0.05, 0) is 53.3 Å². The van der Waals surface area contributed by atoms with Gasteiger partial charge in [-0.3, -0.25) is 0 Å². The summed E-state index contributed by atoms with van der Waals surface area (Å²) >= 11 is 0. The van der Waals surface area contributed by atoms with Crippen LogP contribution < -0.4 is 10.2 Å². The summed E-state index contributed by atoms with van der Waals surface area (Å²) in [6, 6.07) is 21.1. The van der Waals surface area contributed by atoms with Gasteiger partial charge in [0.25, 0.3) is 6.01 Å². The zero-order valence-electron chi connectivity index (χ0n) is 20.1. The highest BCUT2D eigenvalue weighted by Crippen LogP contribution is 2.36. The predicted octanol–water partition coefficient (Wildman–Crippen LogP) is 7.06. The first-order chi connectivity index (χ1) is 16.3. The van der Waals surface area contributed by atoms with Gasteiger partial charge in [0.15, 0.2) is 5.58 Å². The number of nitrogens with zero attached hydrogens (tertiary/aromatic N) is 2. The first-order valence-corrected chi connectivity index (χ1v) is 11.7. The first-order valence-electron chi connectivity index (χ1n) is 11.7. The van der Waals surface area contributed by atoms with Crippen molar-refractivity contribution in [1.82, 2.24) is 4.98 Å². The third-order valence-electron chi connectivity index (χ3n) is 5.51. The zero-order chi connectivity index (χ0) is 24.2. The molecule has 0 atom stereocenters. The minimum absolute atomic E-state index is 0.268. The molecule has 6 nitrogen and oxygen atoms in total. The number of aromatic carboxylic acids is 1. The topological polar surface area (TPSA) is 78.6 Å². The number of aromatic nitrogens is 1. The Morgan fingerprint density at radius 3 is 2.32 bits per heavy atom. The van der Waals surface area contributed by atoms with Crippen LogP contribution in [0.15, 0.2) is 71.1 Å². The minimum Gasteiger partial charge on any atom is -0.478 e. The van der Waals surface area contributed by atoms with E-state index in [1.807, 2.05) is 48.5 Å². The molecule has 0 aliphatic rings. The molecule has 0 bridgehead atoms. The number of rotatable bonds is 9. The molecule has 4 rings (SSSR count). The Labute approximate surface area is 200 Å². The van der Waals surface area contributed by atoms with E-state index < -0.39 is 5.97 Å². The molecule has 6 heteroatoms. The molecule has 0 spiro atoms. The van der Waals surface area contributed by atoms with Crippen LogP contribution >= 0.6 is 0 Å². The molecule has 2 N–H and O–H groups in total. The third kappa shape index (κ3) is 5.22. The van der Waals surface area contributed by atoms with E-state index in [1.54, 1.807) is 12.1 Å². The molecule has 1 aromatic heterocycles. The molecule has 176 valence electrons. The molecule has 0 saturated carbocycles. The van der Waals surface area contributed by atoms with Gasteiger partial charge in [-0.1, -0.05) is 64.1 Å². The summed E-state index contributed by atoms with van der Waals surface area (Å²) in [5.41, 5.74) is 5.09. The molecule has 0 aliphatic carbocycles. The molecule has 0 unspecified atom stereocenters. The Kier molecular flexibility index (Phi) is 6.87. The van der Waals surface area contributed by atoms with Gasteiger partial charge in [-0.25, -0.2) is 4.79 Å². The number of fused-ring (bicyclic) bond motifs is 1. The molecular formula is C28H31N3O3. The lowest BCUT2D eigenvalue weighted by molar-refractivity contribution is 0.0697. The van der Waals surface area contributed by atoms with Crippen molar-refractivity contribution in [2.24, 2.45) is 11.8 Å². The second kappa shape index (κ2) is 10.00. The molecular weight excluding hydrogens is 426 g/mol. The number of benzene rings is 3. The van der Waals surface area contributed by atoms with E-state index in [4.69, 9.17) is 4.42 Å². The summed E-state index contributed by atoms with van der Waals surface area (Å²) < 4.78 is 5.94. The normalized spacial score (nSPS) is 11.4. The van der Waals surface area contributed by atoms with Gasteiger partial charge in [0.1, 0.15) is 5.52 Å². The number of nitrogens with one attached hydrogen (secondary N) is 1. The Hall–Kier alpha value is -3.80. The van der Waals surface area contributed by atoms with Crippen molar-refractivity contribution in [3.8, 4) is 11.1 Å². The Balaban J connectivity index is 1.82. The van der Waals surface area contributed by atoms with Crippen molar-refractivity contribution in [1.29, 1.82) is 0 Å². The average Bonchev–Trinajstić information content (AvgIpc) is 3.20. The van der Waals surface area contributed by atoms with Gasteiger partial charge >= 0.3 is 5.97 Å². The average molecular weight is 458 g/mol. The number of hydrogen-bond acceptors (Lipinski definition) is 5. The molecule has 3 aromatic carbocycles. The molecule has 1 heterocycles. The predicted molar refractivity (Wildman–Crippen MR) is 138 cm³/mol. The number of carboxylic acids is 1. The van der Waals surface area contributed by atoms with Gasteiger partial charge in [0.2, 0.25) is 0 Å². The molecule has 0 saturated heterocycles. The van der Waals surface area contributed by atoms with Crippen molar-refractivity contribution in [2.75, 3.05) is 23.3 Å². The summed E-state index contributed by atoms with van der Waals surface area (Å²) in [7, 11) is 0. The minimum atomic E-state index is -0.950. The third-order valence-corrected chi connectivity index (χ3v) is 5.51. The molecule has 34 heavy (non-hydrogen) atoms. The lowest BCUT2D eigenvalue weighted by atomic mass is 9.98. The lowest BCUT2D eigenvalue weighted by Gasteiger charge is -2.30. The van der Waals surface area contributed by atoms with Crippen LogP contribution in [0, 0.1) is 11.8 Å². The van der Waals surface area contributed by atoms with Crippen molar-refractivity contribution >= 4 is 34.5 Å². The second-order valence-electron chi connectivity index (χ2n) is 9.39. The summed E-state index contributed by atoms with van der Waals surface area (Å²) in [6.45, 7) is 10.6. The molecule has 0 radical (unpaired) electrons. The standard InChI is InChI=1S/C28H31N3O3/c1-18(2)16-31(17-19(3)4)25-14-13-20(21-9-5-6-10-22(21)27(32)33)15-24(25)30-28-29-23-11-7-8-12-26(23)34-28/h5-15,18-19H,16-17H2,1-4H3,(H,29,30)(H,32,33). The van der Waals surface area contributed by atoms with E-state index in [1.165, 1.54) is 0 Å². The van der Waals surface area contributed by atoms with Crippen LogP contribution in [0.1, 0.15) is 38.1 Å². The van der Waals surface area contributed by atoms with Crippen LogP contribution in [-0.2, 0) is 0 Å². The molecule has 0 aliphatic heterocycles. The highest BCUT2D eigenvalue weighted by molar-refractivity contribution is 5.97. The van der Waals surface area contributed by atoms with Crippen molar-refractivity contribution in [3.63, 3.8) is 0 Å². The fourth-order valence-corrected chi connectivity index (χ4v) is 4.19. The van der Waals surface area contributed by atoms with Gasteiger partial charge in [-0.2, -0.15) is 4.98 Å². The second-order valence-corrected chi connectivity index (χ2v) is 9.39. The van der Waals surface area contributed by atoms with Crippen molar-refractivity contribution in [3.05, 3.63) is 72.3 Å². The van der Waals surface area contributed by atoms with E-state index in [-0.39, 0.29) is 5.56 Å². The lowest BCUT2D eigenvalue weighted by Crippen LogP contribution is -2.31. The maximum Gasteiger partial charge on any atom is 0.336 e. The van der Waals surface area contributed by atoms with Gasteiger partial charge in [0, 0.05) is 13.1 Å². The molecule has 4 aromatic rings. The van der Waals surface area contributed by atoms with Crippen LogP contribution in [0.25, 0.3) is 22.2 Å². The van der Waals surface area contributed by atoms with Crippen LogP contribution in [0.4, 0.5) is 17.4 Å². The van der Waals surface area contributed by atoms with Crippen LogP contribution in [0.3, 0.4) is 0 Å². The Morgan fingerprint density at radius 1 is 0.971 bits per heavy atom. The van der Waals surface area contributed by atoms with E-state index in [9.17, 15) is 9.90 Å². The maximum absolute atomic E-state index is 11.8. The first kappa shape index (κ1) is 23.4. The number of anilines is 3. The number of carbonyl (C=O) groups is 1. The summed E-state index contributed by atoms with van der Waals surface area (Å²) in [5.74, 6) is 0.000978. The largest absolute Gasteiger partial charge is 0.478 e. The van der Waals surface area contributed by atoms with Gasteiger partial charge in [-0.15, -0.1) is 0 Å².